The lowest BCUT2D eigenvalue weighted by molar-refractivity contribution is -0.133. The third-order valence-corrected chi connectivity index (χ3v) is 4.96. The van der Waals surface area contributed by atoms with Gasteiger partial charge in [-0.05, 0) is 6.92 Å². The molecular formula is C15H22N6O2S. The van der Waals surface area contributed by atoms with E-state index >= 15 is 0 Å². The maximum atomic E-state index is 11.7. The number of anilines is 1. The van der Waals surface area contributed by atoms with Crippen molar-refractivity contribution in [3.63, 3.8) is 0 Å². The average molecular weight is 350 g/mol. The summed E-state index contributed by atoms with van der Waals surface area (Å²) in [6, 6.07) is 0. The molecule has 0 aliphatic carbocycles. The number of likely N-dealkylation sites (N-methyl/N-ethyl adjacent to an activating group) is 1. The zero-order chi connectivity index (χ0) is 17.3. The third-order valence-electron chi connectivity index (χ3n) is 4.06. The molecule has 0 radical (unpaired) electrons. The molecule has 2 aromatic rings. The van der Waals surface area contributed by atoms with Crippen LogP contribution >= 0.6 is 11.3 Å². The molecule has 2 aromatic heterocycles. The normalized spacial score (nSPS) is 17.0. The molecule has 0 N–H and O–H groups in total. The van der Waals surface area contributed by atoms with Gasteiger partial charge in [-0.2, -0.15) is 0 Å². The Morgan fingerprint density at radius 1 is 1.46 bits per heavy atom. The minimum absolute atomic E-state index is 0.0346. The van der Waals surface area contributed by atoms with Gasteiger partial charge in [0.05, 0.1) is 25.2 Å². The van der Waals surface area contributed by atoms with Gasteiger partial charge in [-0.25, -0.2) is 4.98 Å². The van der Waals surface area contributed by atoms with Crippen molar-refractivity contribution >= 4 is 22.4 Å². The fourth-order valence-corrected chi connectivity index (χ4v) is 3.54. The van der Waals surface area contributed by atoms with Crippen molar-refractivity contribution in [2.24, 2.45) is 7.05 Å². The number of imidazole rings is 1. The van der Waals surface area contributed by atoms with E-state index in [0.29, 0.717) is 6.61 Å². The fourth-order valence-electron chi connectivity index (χ4n) is 2.84. The van der Waals surface area contributed by atoms with Crippen LogP contribution in [-0.2, 0) is 23.1 Å². The minimum Gasteiger partial charge on any atom is -0.371 e. The van der Waals surface area contributed by atoms with Crippen LogP contribution in [0, 0.1) is 6.92 Å². The van der Waals surface area contributed by atoms with Crippen molar-refractivity contribution in [3.05, 3.63) is 22.7 Å². The van der Waals surface area contributed by atoms with Crippen molar-refractivity contribution in [1.82, 2.24) is 24.6 Å². The van der Waals surface area contributed by atoms with Crippen molar-refractivity contribution in [1.29, 1.82) is 0 Å². The first-order chi connectivity index (χ1) is 11.5. The molecule has 1 unspecified atom stereocenters. The Morgan fingerprint density at radius 3 is 2.92 bits per heavy atom. The number of hydrogen-bond acceptors (Lipinski definition) is 7. The number of nitrogens with zero attached hydrogens (tertiary/aromatic N) is 6. The fraction of sp³-hybridized carbons (Fsp3) is 0.600. The molecule has 3 rings (SSSR count). The Morgan fingerprint density at radius 2 is 2.25 bits per heavy atom. The predicted molar refractivity (Wildman–Crippen MR) is 91.2 cm³/mol. The highest BCUT2D eigenvalue weighted by Gasteiger charge is 2.30. The zero-order valence-electron chi connectivity index (χ0n) is 14.4. The summed E-state index contributed by atoms with van der Waals surface area (Å²) in [7, 11) is 5.45. The van der Waals surface area contributed by atoms with E-state index in [1.165, 1.54) is 10.6 Å². The maximum Gasteiger partial charge on any atom is 0.248 e. The molecule has 8 nitrogen and oxygen atoms in total. The van der Waals surface area contributed by atoms with Crippen LogP contribution in [0.15, 0.2) is 6.33 Å². The quantitative estimate of drug-likeness (QED) is 0.793. The Kier molecular flexibility index (Phi) is 4.81. The summed E-state index contributed by atoms with van der Waals surface area (Å²) in [6.45, 7) is 4.01. The van der Waals surface area contributed by atoms with Crippen molar-refractivity contribution in [2.45, 2.75) is 19.4 Å². The molecule has 9 heteroatoms. The molecule has 0 fully saturated rings. The van der Waals surface area contributed by atoms with E-state index in [-0.39, 0.29) is 18.4 Å². The lowest BCUT2D eigenvalue weighted by atomic mass is 9.99. The van der Waals surface area contributed by atoms with E-state index in [9.17, 15) is 4.79 Å². The molecule has 1 atom stereocenters. The monoisotopic (exact) mass is 350 g/mol. The number of aromatic nitrogens is 4. The molecule has 1 amide bonds. The minimum atomic E-state index is -0.0346. The molecule has 0 bridgehead atoms. The number of fused-ring (bicyclic) bond motifs is 1. The van der Waals surface area contributed by atoms with E-state index in [1.807, 2.05) is 24.9 Å². The number of carbonyl (C=O) groups is 1. The third kappa shape index (κ3) is 3.41. The maximum absolute atomic E-state index is 11.7. The van der Waals surface area contributed by atoms with E-state index in [1.54, 1.807) is 25.4 Å². The topological polar surface area (TPSA) is 76.4 Å². The van der Waals surface area contributed by atoms with Crippen molar-refractivity contribution < 1.29 is 9.53 Å². The van der Waals surface area contributed by atoms with Crippen LogP contribution in [0.4, 0.5) is 5.13 Å². The van der Waals surface area contributed by atoms with Crippen LogP contribution in [0.3, 0.4) is 0 Å². The van der Waals surface area contributed by atoms with Gasteiger partial charge in [0.25, 0.3) is 0 Å². The molecule has 0 aromatic carbocycles. The highest BCUT2D eigenvalue weighted by Crippen LogP contribution is 2.32. The van der Waals surface area contributed by atoms with Crippen molar-refractivity contribution in [3.8, 4) is 0 Å². The highest BCUT2D eigenvalue weighted by atomic mass is 32.1. The second kappa shape index (κ2) is 6.86. The molecule has 130 valence electrons. The zero-order valence-corrected chi connectivity index (χ0v) is 15.2. The lowest BCUT2D eigenvalue weighted by Gasteiger charge is -2.32. The SMILES string of the molecule is Cc1nnc(N2Cc3ncn(C)c3C(COCC(=O)N(C)C)C2)s1. The van der Waals surface area contributed by atoms with Gasteiger partial charge in [-0.15, -0.1) is 10.2 Å². The van der Waals surface area contributed by atoms with Gasteiger partial charge in [0.2, 0.25) is 11.0 Å². The highest BCUT2D eigenvalue weighted by molar-refractivity contribution is 7.15. The molecule has 0 saturated heterocycles. The van der Waals surface area contributed by atoms with Gasteiger partial charge in [0.15, 0.2) is 0 Å². The molecule has 0 spiro atoms. The first kappa shape index (κ1) is 16.8. The standard InChI is InChI=1S/C15H22N6O2S/c1-10-17-18-15(24-10)21-5-11(7-23-8-13(22)19(2)3)14-12(6-21)16-9-20(14)4/h9,11H,5-8H2,1-4H3. The van der Waals surface area contributed by atoms with E-state index in [4.69, 9.17) is 4.74 Å². The second-order valence-corrected chi connectivity index (χ2v) is 7.33. The molecule has 1 aliphatic heterocycles. The van der Waals surface area contributed by atoms with Crippen LogP contribution < -0.4 is 4.90 Å². The molecule has 24 heavy (non-hydrogen) atoms. The smallest absolute Gasteiger partial charge is 0.248 e. The predicted octanol–water partition coefficient (Wildman–Crippen LogP) is 0.789. The van der Waals surface area contributed by atoms with E-state index in [2.05, 4.69) is 20.1 Å². The van der Waals surface area contributed by atoms with Gasteiger partial charge in [-0.3, -0.25) is 4.79 Å². The van der Waals surface area contributed by atoms with E-state index < -0.39 is 0 Å². The number of rotatable bonds is 5. The first-order valence-corrected chi connectivity index (χ1v) is 8.60. The van der Waals surface area contributed by atoms with Crippen LogP contribution in [0.1, 0.15) is 22.3 Å². The lowest BCUT2D eigenvalue weighted by Crippen LogP contribution is -2.37. The van der Waals surface area contributed by atoms with Gasteiger partial charge < -0.3 is 19.1 Å². The van der Waals surface area contributed by atoms with Crippen LogP contribution in [-0.4, -0.2) is 64.4 Å². The summed E-state index contributed by atoms with van der Waals surface area (Å²) < 4.78 is 7.72. The van der Waals surface area contributed by atoms with Gasteiger partial charge >= 0.3 is 0 Å². The Bertz CT molecular complexity index is 725. The number of ether oxygens (including phenoxy) is 1. The molecule has 1 aliphatic rings. The Balaban J connectivity index is 1.74. The largest absolute Gasteiger partial charge is 0.371 e. The van der Waals surface area contributed by atoms with Crippen LogP contribution in [0.5, 0.6) is 0 Å². The molecule has 0 saturated carbocycles. The summed E-state index contributed by atoms with van der Waals surface area (Å²) in [5.74, 6) is 0.105. The Hall–Kier alpha value is -2.00. The second-order valence-electron chi connectivity index (χ2n) is 6.17. The van der Waals surface area contributed by atoms with Crippen LogP contribution in [0.25, 0.3) is 0 Å². The summed E-state index contributed by atoms with van der Waals surface area (Å²) in [5, 5.41) is 10.2. The summed E-state index contributed by atoms with van der Waals surface area (Å²) in [4.78, 5) is 19.9. The number of aryl methyl sites for hydroxylation is 2. The van der Waals surface area contributed by atoms with Gasteiger partial charge in [0, 0.05) is 39.3 Å². The Labute approximate surface area is 145 Å². The molecule has 3 heterocycles. The summed E-state index contributed by atoms with van der Waals surface area (Å²) in [6.07, 6.45) is 1.83. The van der Waals surface area contributed by atoms with Gasteiger partial charge in [-0.1, -0.05) is 11.3 Å². The number of carbonyl (C=O) groups excluding carboxylic acids is 1. The summed E-state index contributed by atoms with van der Waals surface area (Å²) >= 11 is 1.58. The van der Waals surface area contributed by atoms with E-state index in [0.717, 1.165) is 28.9 Å². The first-order valence-electron chi connectivity index (χ1n) is 7.78. The van der Waals surface area contributed by atoms with Crippen LogP contribution in [0.2, 0.25) is 0 Å². The summed E-state index contributed by atoms with van der Waals surface area (Å²) in [5.41, 5.74) is 2.20. The van der Waals surface area contributed by atoms with Crippen molar-refractivity contribution in [2.75, 3.05) is 38.8 Å². The molecular weight excluding hydrogens is 328 g/mol. The average Bonchev–Trinajstić information content (AvgIpc) is 3.13. The number of hydrogen-bond donors (Lipinski definition) is 0. The number of amides is 1. The van der Waals surface area contributed by atoms with Gasteiger partial charge in [0.1, 0.15) is 11.6 Å².